The van der Waals surface area contributed by atoms with Crippen LogP contribution in [0.5, 0.6) is 0 Å². The molecule has 0 bridgehead atoms. The van der Waals surface area contributed by atoms with Gasteiger partial charge in [-0.3, -0.25) is 9.97 Å². The minimum atomic E-state index is 0.561. The van der Waals surface area contributed by atoms with Crippen molar-refractivity contribution in [3.05, 3.63) is 35.7 Å². The van der Waals surface area contributed by atoms with Crippen LogP contribution in [0.4, 0.5) is 11.6 Å². The van der Waals surface area contributed by atoms with E-state index in [2.05, 4.69) is 37.6 Å². The monoisotopic (exact) mass is 273 g/mol. The second kappa shape index (κ2) is 6.76. The molecule has 0 unspecified atom stereocenters. The Balaban J connectivity index is 2.14. The first-order chi connectivity index (χ1) is 9.74. The summed E-state index contributed by atoms with van der Waals surface area (Å²) in [6, 6.07) is 0. The molecule has 0 aliphatic heterocycles. The number of anilines is 2. The van der Waals surface area contributed by atoms with Crippen molar-refractivity contribution < 1.29 is 0 Å². The second-order valence-corrected chi connectivity index (χ2v) is 4.45. The van der Waals surface area contributed by atoms with E-state index in [1.54, 1.807) is 12.4 Å². The molecule has 0 saturated carbocycles. The first kappa shape index (κ1) is 14.1. The molecule has 20 heavy (non-hydrogen) atoms. The van der Waals surface area contributed by atoms with Gasteiger partial charge in [0, 0.05) is 11.8 Å². The maximum Gasteiger partial charge on any atom is 0.148 e. The number of rotatable bonds is 6. The van der Waals surface area contributed by atoms with Gasteiger partial charge >= 0.3 is 0 Å². The standard InChI is InChI=1S/C13H19N7/c1-3-4-11-12(18-8-19-13(11)20-14)17-7-10-6-15-9(2)5-16-10/h5-6,8H,3-4,7,14H2,1-2H3,(H2,17,18,19,20). The van der Waals surface area contributed by atoms with E-state index in [9.17, 15) is 0 Å². The molecule has 2 rings (SSSR count). The molecule has 0 amide bonds. The number of hydrogen-bond donors (Lipinski definition) is 3. The van der Waals surface area contributed by atoms with Gasteiger partial charge in [-0.25, -0.2) is 15.8 Å². The summed E-state index contributed by atoms with van der Waals surface area (Å²) in [5.74, 6) is 6.91. The number of hydrazine groups is 1. The zero-order valence-corrected chi connectivity index (χ0v) is 11.7. The minimum Gasteiger partial charge on any atom is -0.364 e. The predicted octanol–water partition coefficient (Wildman–Crippen LogP) is 1.43. The van der Waals surface area contributed by atoms with Gasteiger partial charge in [0.05, 0.1) is 24.1 Å². The van der Waals surface area contributed by atoms with Crippen LogP contribution in [-0.2, 0) is 13.0 Å². The van der Waals surface area contributed by atoms with Crippen LogP contribution in [0.2, 0.25) is 0 Å². The Hall–Kier alpha value is -2.28. The molecule has 2 aromatic rings. The largest absolute Gasteiger partial charge is 0.364 e. The minimum absolute atomic E-state index is 0.561. The molecule has 106 valence electrons. The molecule has 0 fully saturated rings. The number of nitrogens with zero attached hydrogens (tertiary/aromatic N) is 4. The van der Waals surface area contributed by atoms with Gasteiger partial charge < -0.3 is 10.7 Å². The van der Waals surface area contributed by atoms with Crippen molar-refractivity contribution in [3.63, 3.8) is 0 Å². The summed E-state index contributed by atoms with van der Waals surface area (Å²) >= 11 is 0. The first-order valence-corrected chi connectivity index (χ1v) is 6.56. The first-order valence-electron chi connectivity index (χ1n) is 6.56. The molecule has 0 aliphatic rings. The van der Waals surface area contributed by atoms with Crippen LogP contribution in [0.15, 0.2) is 18.7 Å². The molecule has 2 heterocycles. The number of nitrogens with two attached hydrogens (primary N) is 1. The maximum absolute atomic E-state index is 5.48. The third-order valence-corrected chi connectivity index (χ3v) is 2.85. The summed E-state index contributed by atoms with van der Waals surface area (Å²) in [6.45, 7) is 4.57. The highest BCUT2D eigenvalue weighted by Gasteiger charge is 2.09. The molecule has 7 heteroatoms. The predicted molar refractivity (Wildman–Crippen MR) is 77.9 cm³/mol. The molecule has 0 atom stereocenters. The van der Waals surface area contributed by atoms with Crippen LogP contribution in [-0.4, -0.2) is 19.9 Å². The van der Waals surface area contributed by atoms with E-state index < -0.39 is 0 Å². The van der Waals surface area contributed by atoms with E-state index in [1.165, 1.54) is 6.33 Å². The van der Waals surface area contributed by atoms with Crippen LogP contribution in [0.3, 0.4) is 0 Å². The smallest absolute Gasteiger partial charge is 0.148 e. The Morgan fingerprint density at radius 2 is 1.90 bits per heavy atom. The lowest BCUT2D eigenvalue weighted by Gasteiger charge is -2.13. The zero-order valence-electron chi connectivity index (χ0n) is 11.7. The van der Waals surface area contributed by atoms with Crippen molar-refractivity contribution in [2.45, 2.75) is 33.2 Å². The fourth-order valence-corrected chi connectivity index (χ4v) is 1.86. The fourth-order valence-electron chi connectivity index (χ4n) is 1.86. The number of aryl methyl sites for hydroxylation is 1. The third-order valence-electron chi connectivity index (χ3n) is 2.85. The number of nitrogens with one attached hydrogen (secondary N) is 2. The van der Waals surface area contributed by atoms with Gasteiger partial charge in [0.2, 0.25) is 0 Å². The van der Waals surface area contributed by atoms with Crippen LogP contribution < -0.4 is 16.6 Å². The van der Waals surface area contributed by atoms with Gasteiger partial charge in [-0.05, 0) is 13.3 Å². The normalized spacial score (nSPS) is 10.3. The highest BCUT2D eigenvalue weighted by Crippen LogP contribution is 2.21. The SMILES string of the molecule is CCCc1c(NN)ncnc1NCc1cnc(C)cn1. The van der Waals surface area contributed by atoms with Gasteiger partial charge in [0.15, 0.2) is 0 Å². The van der Waals surface area contributed by atoms with Crippen molar-refractivity contribution in [1.29, 1.82) is 0 Å². The summed E-state index contributed by atoms with van der Waals surface area (Å²) in [4.78, 5) is 16.9. The molecule has 0 aromatic carbocycles. The number of hydrogen-bond acceptors (Lipinski definition) is 7. The van der Waals surface area contributed by atoms with Gasteiger partial charge in [-0.1, -0.05) is 13.3 Å². The summed E-state index contributed by atoms with van der Waals surface area (Å²) in [7, 11) is 0. The van der Waals surface area contributed by atoms with Crippen LogP contribution >= 0.6 is 0 Å². The average molecular weight is 273 g/mol. The van der Waals surface area contributed by atoms with E-state index >= 15 is 0 Å². The van der Waals surface area contributed by atoms with Gasteiger partial charge in [0.25, 0.3) is 0 Å². The van der Waals surface area contributed by atoms with Crippen LogP contribution in [0, 0.1) is 6.92 Å². The number of aromatic nitrogens is 4. The summed E-state index contributed by atoms with van der Waals surface area (Å²) in [5, 5.41) is 3.26. The summed E-state index contributed by atoms with van der Waals surface area (Å²) in [6.07, 6.45) is 6.82. The molecule has 0 saturated heterocycles. The van der Waals surface area contributed by atoms with Crippen LogP contribution in [0.25, 0.3) is 0 Å². The van der Waals surface area contributed by atoms with Crippen LogP contribution in [0.1, 0.15) is 30.3 Å². The second-order valence-electron chi connectivity index (χ2n) is 4.45. The highest BCUT2D eigenvalue weighted by molar-refractivity contribution is 5.56. The van der Waals surface area contributed by atoms with Crippen molar-refractivity contribution in [1.82, 2.24) is 19.9 Å². The Kier molecular flexibility index (Phi) is 4.78. The molecule has 0 aliphatic carbocycles. The fraction of sp³-hybridized carbons (Fsp3) is 0.385. The third kappa shape index (κ3) is 3.39. The Bertz CT molecular complexity index is 553. The van der Waals surface area contributed by atoms with E-state index in [-0.39, 0.29) is 0 Å². The summed E-state index contributed by atoms with van der Waals surface area (Å²) < 4.78 is 0. The van der Waals surface area contributed by atoms with Crippen molar-refractivity contribution in [3.8, 4) is 0 Å². The quantitative estimate of drug-likeness (QED) is 0.540. The van der Waals surface area contributed by atoms with Crippen molar-refractivity contribution in [2.24, 2.45) is 5.84 Å². The molecular formula is C13H19N7. The van der Waals surface area contributed by atoms with Gasteiger partial charge in [-0.2, -0.15) is 0 Å². The van der Waals surface area contributed by atoms with Crippen molar-refractivity contribution in [2.75, 3.05) is 10.7 Å². The van der Waals surface area contributed by atoms with E-state index in [4.69, 9.17) is 5.84 Å². The van der Waals surface area contributed by atoms with Crippen molar-refractivity contribution >= 4 is 11.6 Å². The topological polar surface area (TPSA) is 102 Å². The van der Waals surface area contributed by atoms with Gasteiger partial charge in [-0.15, -0.1) is 0 Å². The molecule has 4 N–H and O–H groups in total. The Morgan fingerprint density at radius 1 is 1.10 bits per heavy atom. The molecule has 2 aromatic heterocycles. The van der Waals surface area contributed by atoms with Gasteiger partial charge in [0.1, 0.15) is 18.0 Å². The lowest BCUT2D eigenvalue weighted by molar-refractivity contribution is 0.891. The van der Waals surface area contributed by atoms with E-state index in [0.717, 1.165) is 35.6 Å². The zero-order chi connectivity index (χ0) is 14.4. The highest BCUT2D eigenvalue weighted by atomic mass is 15.3. The lowest BCUT2D eigenvalue weighted by Crippen LogP contribution is -2.14. The van der Waals surface area contributed by atoms with E-state index in [0.29, 0.717) is 12.4 Å². The Labute approximate surface area is 118 Å². The molecule has 7 nitrogen and oxygen atoms in total. The maximum atomic E-state index is 5.48. The summed E-state index contributed by atoms with van der Waals surface area (Å²) in [5.41, 5.74) is 5.35. The molecule has 0 radical (unpaired) electrons. The average Bonchev–Trinajstić information content (AvgIpc) is 2.48. The number of nitrogen functional groups attached to an aromatic ring is 1. The Morgan fingerprint density at radius 3 is 2.55 bits per heavy atom. The van der Waals surface area contributed by atoms with E-state index in [1.807, 2.05) is 6.92 Å². The molecule has 0 spiro atoms. The molecular weight excluding hydrogens is 254 g/mol. The lowest BCUT2D eigenvalue weighted by atomic mass is 10.1.